The molecule has 0 spiro atoms. The van der Waals surface area contributed by atoms with Crippen LogP contribution < -0.4 is 0 Å². The van der Waals surface area contributed by atoms with Crippen molar-refractivity contribution in [1.29, 1.82) is 0 Å². The molecule has 1 N–H and O–H groups in total. The van der Waals surface area contributed by atoms with Gasteiger partial charge < -0.3 is 5.11 Å². The van der Waals surface area contributed by atoms with Gasteiger partial charge in [-0.1, -0.05) is 65.6 Å². The lowest BCUT2D eigenvalue weighted by atomic mass is 9.78. The second-order valence-electron chi connectivity index (χ2n) is 8.45. The second-order valence-corrected chi connectivity index (χ2v) is 8.45. The molecule has 0 saturated heterocycles. The topological polar surface area (TPSA) is 54.4 Å². The average molecular weight is 348 g/mol. The van der Waals surface area contributed by atoms with Gasteiger partial charge in [0.05, 0.1) is 14.0 Å². The van der Waals surface area contributed by atoms with Crippen molar-refractivity contribution in [2.75, 3.05) is 0 Å². The first kappa shape index (κ1) is 22.4. The summed E-state index contributed by atoms with van der Waals surface area (Å²) in [5.74, 6) is 0.371. The highest BCUT2D eigenvalue weighted by Gasteiger charge is 2.41. The summed E-state index contributed by atoms with van der Waals surface area (Å²) in [6.45, 7) is 6.19. The van der Waals surface area contributed by atoms with Crippen molar-refractivity contribution < 1.29 is 14.7 Å². The van der Waals surface area contributed by atoms with Gasteiger partial charge in [0.2, 0.25) is 0 Å². The van der Waals surface area contributed by atoms with Gasteiger partial charge in [0.1, 0.15) is 11.6 Å². The Balaban J connectivity index is 2.50. The van der Waals surface area contributed by atoms with Crippen LogP contribution >= 0.6 is 0 Å². The fourth-order valence-corrected chi connectivity index (χ4v) is 4.04. The van der Waals surface area contributed by atoms with Crippen LogP contribution in [0, 0.1) is 17.3 Å². The Morgan fingerprint density at radius 2 is 1.84 bits per heavy atom. The third-order valence-corrected chi connectivity index (χ3v) is 5.92. The van der Waals surface area contributed by atoms with Crippen LogP contribution in [0.25, 0.3) is 0 Å². The molecular weight excluding hydrogens is 311 g/mol. The van der Waals surface area contributed by atoms with E-state index in [4.69, 9.17) is 7.85 Å². The molecule has 2 radical (unpaired) electrons. The number of unbranched alkanes of at least 4 members (excludes halogenated alkanes) is 4. The predicted molar refractivity (Wildman–Crippen MR) is 104 cm³/mol. The van der Waals surface area contributed by atoms with E-state index in [-0.39, 0.29) is 35.2 Å². The maximum Gasteiger partial charge on any atom is 0.138 e. The quantitative estimate of drug-likeness (QED) is 0.389. The molecule has 0 heterocycles. The Kier molecular flexibility index (Phi) is 10.00. The van der Waals surface area contributed by atoms with E-state index in [0.717, 1.165) is 57.7 Å². The normalized spacial score (nSPS) is 24.0. The SMILES string of the molecule is [B]CCCCCC[C@H]1C(=O)C[C@@H](O)[C@@H]1CCC(=O)C(C)(C)CCCC. The van der Waals surface area contributed by atoms with Gasteiger partial charge >= 0.3 is 0 Å². The maximum atomic E-state index is 12.6. The molecule has 0 unspecified atom stereocenters. The lowest BCUT2D eigenvalue weighted by molar-refractivity contribution is -0.128. The number of carbonyl (C=O) groups excluding carboxylic acids is 2. The van der Waals surface area contributed by atoms with E-state index < -0.39 is 6.10 Å². The monoisotopic (exact) mass is 348 g/mol. The molecular formula is C21H37BO3. The summed E-state index contributed by atoms with van der Waals surface area (Å²) in [7, 11) is 5.51. The minimum absolute atomic E-state index is 0.0343. The van der Waals surface area contributed by atoms with Crippen LogP contribution in [0.5, 0.6) is 0 Å². The smallest absolute Gasteiger partial charge is 0.138 e. The molecule has 1 saturated carbocycles. The molecule has 3 nitrogen and oxygen atoms in total. The molecule has 1 fully saturated rings. The third-order valence-electron chi connectivity index (χ3n) is 5.92. The molecule has 0 aromatic carbocycles. The van der Waals surface area contributed by atoms with Gasteiger partial charge in [0, 0.05) is 24.2 Å². The summed E-state index contributed by atoms with van der Waals surface area (Å²) in [4.78, 5) is 24.8. The van der Waals surface area contributed by atoms with Gasteiger partial charge in [-0.05, 0) is 25.2 Å². The molecule has 3 atom stereocenters. The van der Waals surface area contributed by atoms with Gasteiger partial charge in [0.25, 0.3) is 0 Å². The van der Waals surface area contributed by atoms with Gasteiger partial charge in [-0.3, -0.25) is 9.59 Å². The highest BCUT2D eigenvalue weighted by Crippen LogP contribution is 2.37. The zero-order valence-electron chi connectivity index (χ0n) is 16.6. The Labute approximate surface area is 155 Å². The summed E-state index contributed by atoms with van der Waals surface area (Å²) in [6, 6.07) is 0. The van der Waals surface area contributed by atoms with Crippen molar-refractivity contribution in [3.63, 3.8) is 0 Å². The van der Waals surface area contributed by atoms with Crippen LogP contribution in [-0.2, 0) is 9.59 Å². The van der Waals surface area contributed by atoms with E-state index in [1.165, 1.54) is 0 Å². The number of ketones is 2. The van der Waals surface area contributed by atoms with Crippen LogP contribution in [0.3, 0.4) is 0 Å². The zero-order valence-corrected chi connectivity index (χ0v) is 16.6. The molecule has 1 aliphatic rings. The fourth-order valence-electron chi connectivity index (χ4n) is 4.04. The Bertz CT molecular complexity index is 419. The highest BCUT2D eigenvalue weighted by molar-refractivity contribution is 6.08. The number of Topliss-reactive ketones (excluding diaryl/α,β-unsaturated/α-hetero) is 2. The lowest BCUT2D eigenvalue weighted by Gasteiger charge is -2.25. The standard InChI is InChI=1S/C21H37BO3/c1-4-5-13-21(2,3)20(25)12-11-17-16(18(23)15-19(17)24)10-8-6-7-9-14-22/h16-17,19,24H,4-15H2,1-3H3/t16-,17-,19-/m1/s1. The van der Waals surface area contributed by atoms with Crippen molar-refractivity contribution in [1.82, 2.24) is 0 Å². The summed E-state index contributed by atoms with van der Waals surface area (Å²) < 4.78 is 0. The minimum Gasteiger partial charge on any atom is -0.392 e. The van der Waals surface area contributed by atoms with Crippen molar-refractivity contribution in [2.45, 2.75) is 104 Å². The van der Waals surface area contributed by atoms with Gasteiger partial charge in [-0.2, -0.15) is 0 Å². The van der Waals surface area contributed by atoms with E-state index in [9.17, 15) is 14.7 Å². The van der Waals surface area contributed by atoms with Crippen molar-refractivity contribution in [3.8, 4) is 0 Å². The zero-order chi connectivity index (χ0) is 18.9. The molecule has 0 bridgehead atoms. The van der Waals surface area contributed by atoms with E-state index >= 15 is 0 Å². The van der Waals surface area contributed by atoms with Gasteiger partial charge in [-0.15, -0.1) is 0 Å². The molecule has 0 aromatic heterocycles. The number of hydrogen-bond acceptors (Lipinski definition) is 3. The first-order valence-electron chi connectivity index (χ1n) is 10.3. The van der Waals surface area contributed by atoms with Crippen LogP contribution in [0.4, 0.5) is 0 Å². The summed E-state index contributed by atoms with van der Waals surface area (Å²) in [5.41, 5.74) is -0.290. The largest absolute Gasteiger partial charge is 0.392 e. The number of aliphatic hydroxyl groups is 1. The Morgan fingerprint density at radius 3 is 2.48 bits per heavy atom. The summed E-state index contributed by atoms with van der Waals surface area (Å²) in [5, 5.41) is 10.3. The Morgan fingerprint density at radius 1 is 1.16 bits per heavy atom. The second kappa shape index (κ2) is 11.2. The highest BCUT2D eigenvalue weighted by atomic mass is 16.3. The van der Waals surface area contributed by atoms with Crippen molar-refractivity contribution in [2.24, 2.45) is 17.3 Å². The predicted octanol–water partition coefficient (Wildman–Crippen LogP) is 4.66. The van der Waals surface area contributed by atoms with E-state index in [0.29, 0.717) is 12.8 Å². The third kappa shape index (κ3) is 7.25. The number of carbonyl (C=O) groups is 2. The molecule has 1 aliphatic carbocycles. The van der Waals surface area contributed by atoms with Gasteiger partial charge in [-0.25, -0.2) is 0 Å². The number of aliphatic hydroxyl groups excluding tert-OH is 1. The number of rotatable bonds is 13. The molecule has 142 valence electrons. The molecule has 25 heavy (non-hydrogen) atoms. The first-order chi connectivity index (χ1) is 11.8. The fraction of sp³-hybridized carbons (Fsp3) is 0.905. The molecule has 4 heteroatoms. The van der Waals surface area contributed by atoms with Crippen LogP contribution in [0.1, 0.15) is 91.4 Å². The van der Waals surface area contributed by atoms with E-state index in [1.807, 2.05) is 13.8 Å². The molecule has 0 aliphatic heterocycles. The number of hydrogen-bond donors (Lipinski definition) is 1. The molecule has 0 aromatic rings. The molecule has 1 rings (SSSR count). The Hall–Kier alpha value is -0.635. The first-order valence-corrected chi connectivity index (χ1v) is 10.3. The minimum atomic E-state index is -0.562. The maximum absolute atomic E-state index is 12.6. The molecule has 0 amide bonds. The van der Waals surface area contributed by atoms with Crippen molar-refractivity contribution in [3.05, 3.63) is 0 Å². The van der Waals surface area contributed by atoms with E-state index in [1.54, 1.807) is 0 Å². The van der Waals surface area contributed by atoms with Crippen LogP contribution in [-0.4, -0.2) is 30.6 Å². The summed E-state index contributed by atoms with van der Waals surface area (Å²) >= 11 is 0. The average Bonchev–Trinajstić information content (AvgIpc) is 2.83. The lowest BCUT2D eigenvalue weighted by Crippen LogP contribution is -2.27. The van der Waals surface area contributed by atoms with Crippen molar-refractivity contribution >= 4 is 19.4 Å². The van der Waals surface area contributed by atoms with E-state index in [2.05, 4.69) is 6.92 Å². The van der Waals surface area contributed by atoms with Crippen LogP contribution in [0.15, 0.2) is 0 Å². The van der Waals surface area contributed by atoms with Crippen LogP contribution in [0.2, 0.25) is 6.32 Å². The summed E-state index contributed by atoms with van der Waals surface area (Å²) in [6.07, 6.45) is 9.72. The van der Waals surface area contributed by atoms with Gasteiger partial charge in [0.15, 0.2) is 0 Å².